The van der Waals surface area contributed by atoms with Gasteiger partial charge in [0.2, 0.25) is 5.78 Å². The number of hydrogen-bond donors (Lipinski definition) is 0. The van der Waals surface area contributed by atoms with Gasteiger partial charge in [-0.1, -0.05) is 31.9 Å². The summed E-state index contributed by atoms with van der Waals surface area (Å²) in [7, 11) is 1.56. The van der Waals surface area contributed by atoms with Crippen molar-refractivity contribution in [1.29, 1.82) is 0 Å². The molecule has 156 valence electrons. The third kappa shape index (κ3) is 4.29. The standard InChI is InChI=1S/C24H16Br2O5/c1-13-19(31-24(28)14-3-5-16(25)6-4-14)10-8-18-22(27)21(30-23(13)18)12-15-11-17(26)7-9-20(15)29-2/h3-12H,1-2H3/b21-12-. The summed E-state index contributed by atoms with van der Waals surface area (Å²) in [6.07, 6.45) is 1.64. The Morgan fingerprint density at radius 2 is 1.65 bits per heavy atom. The minimum absolute atomic E-state index is 0.172. The van der Waals surface area contributed by atoms with Crippen LogP contribution in [0, 0.1) is 6.92 Å². The number of fused-ring (bicyclic) bond motifs is 1. The van der Waals surface area contributed by atoms with Crippen molar-refractivity contribution in [1.82, 2.24) is 0 Å². The predicted octanol–water partition coefficient (Wildman–Crippen LogP) is 6.36. The lowest BCUT2D eigenvalue weighted by atomic mass is 10.1. The van der Waals surface area contributed by atoms with Crippen molar-refractivity contribution in [2.45, 2.75) is 6.92 Å². The molecule has 0 N–H and O–H groups in total. The van der Waals surface area contributed by atoms with E-state index in [0.717, 1.165) is 8.95 Å². The number of halogens is 2. The first-order chi connectivity index (χ1) is 14.9. The molecule has 1 aliphatic heterocycles. The molecule has 1 heterocycles. The zero-order valence-electron chi connectivity index (χ0n) is 16.6. The van der Waals surface area contributed by atoms with Crippen LogP contribution >= 0.6 is 31.9 Å². The Morgan fingerprint density at radius 1 is 0.968 bits per heavy atom. The highest BCUT2D eigenvalue weighted by atomic mass is 79.9. The quantitative estimate of drug-likeness (QED) is 0.217. The Kier molecular flexibility index (Phi) is 5.98. The number of esters is 1. The van der Waals surface area contributed by atoms with E-state index in [1.54, 1.807) is 62.6 Å². The van der Waals surface area contributed by atoms with Gasteiger partial charge in [-0.3, -0.25) is 4.79 Å². The second-order valence-electron chi connectivity index (χ2n) is 6.79. The Balaban J connectivity index is 1.63. The molecule has 0 saturated heterocycles. The fraction of sp³-hybridized carbons (Fsp3) is 0.0833. The molecule has 5 nitrogen and oxygen atoms in total. The normalized spacial score (nSPS) is 13.7. The monoisotopic (exact) mass is 542 g/mol. The highest BCUT2D eigenvalue weighted by Gasteiger charge is 2.31. The van der Waals surface area contributed by atoms with Crippen molar-refractivity contribution in [3.8, 4) is 17.2 Å². The summed E-state index contributed by atoms with van der Waals surface area (Å²) < 4.78 is 18.5. The summed E-state index contributed by atoms with van der Waals surface area (Å²) in [5.41, 5.74) is 2.11. The Morgan fingerprint density at radius 3 is 2.35 bits per heavy atom. The van der Waals surface area contributed by atoms with Crippen LogP contribution in [0.3, 0.4) is 0 Å². The first kappa shape index (κ1) is 21.3. The van der Waals surface area contributed by atoms with Crippen LogP contribution in [0.25, 0.3) is 6.08 Å². The predicted molar refractivity (Wildman–Crippen MR) is 124 cm³/mol. The fourth-order valence-electron chi connectivity index (χ4n) is 3.18. The van der Waals surface area contributed by atoms with Gasteiger partial charge in [0.05, 0.1) is 18.2 Å². The van der Waals surface area contributed by atoms with Crippen LogP contribution in [0.5, 0.6) is 17.2 Å². The molecule has 1 aliphatic rings. The van der Waals surface area contributed by atoms with E-state index >= 15 is 0 Å². The third-order valence-electron chi connectivity index (χ3n) is 4.80. The van der Waals surface area contributed by atoms with Crippen LogP contribution < -0.4 is 14.2 Å². The summed E-state index contributed by atoms with van der Waals surface area (Å²) in [6.45, 7) is 1.75. The number of ketones is 1. The number of Topliss-reactive ketones (excluding diaryl/α,β-unsaturated/α-hetero) is 1. The average Bonchev–Trinajstić information content (AvgIpc) is 3.07. The number of allylic oxidation sites excluding steroid dienone is 1. The molecule has 31 heavy (non-hydrogen) atoms. The molecule has 0 spiro atoms. The van der Waals surface area contributed by atoms with E-state index in [1.165, 1.54) is 0 Å². The van der Waals surface area contributed by atoms with E-state index in [4.69, 9.17) is 14.2 Å². The Hall–Kier alpha value is -2.90. The van der Waals surface area contributed by atoms with Gasteiger partial charge in [-0.15, -0.1) is 0 Å². The summed E-state index contributed by atoms with van der Waals surface area (Å²) >= 11 is 6.76. The smallest absolute Gasteiger partial charge is 0.343 e. The summed E-state index contributed by atoms with van der Waals surface area (Å²) in [4.78, 5) is 25.3. The molecule has 0 aromatic heterocycles. The van der Waals surface area contributed by atoms with E-state index in [1.807, 2.05) is 12.1 Å². The molecule has 3 aromatic carbocycles. The van der Waals surface area contributed by atoms with Gasteiger partial charge in [-0.2, -0.15) is 0 Å². The van der Waals surface area contributed by atoms with Gasteiger partial charge >= 0.3 is 5.97 Å². The van der Waals surface area contributed by atoms with Crippen molar-refractivity contribution >= 4 is 49.7 Å². The maximum atomic E-state index is 12.9. The SMILES string of the molecule is COc1ccc(Br)cc1/C=C1\Oc2c(ccc(OC(=O)c3ccc(Br)cc3)c2C)C1=O. The molecular weight excluding hydrogens is 528 g/mol. The van der Waals surface area contributed by atoms with Crippen LogP contribution in [0.4, 0.5) is 0 Å². The van der Waals surface area contributed by atoms with E-state index in [0.29, 0.717) is 39.5 Å². The molecule has 0 amide bonds. The number of methoxy groups -OCH3 is 1. The second-order valence-corrected chi connectivity index (χ2v) is 8.62. The van der Waals surface area contributed by atoms with Crippen molar-refractivity contribution < 1.29 is 23.8 Å². The minimum atomic E-state index is -0.491. The van der Waals surface area contributed by atoms with Gasteiger partial charge in [-0.25, -0.2) is 4.79 Å². The summed E-state index contributed by atoms with van der Waals surface area (Å²) in [5, 5.41) is 0. The van der Waals surface area contributed by atoms with Gasteiger partial charge in [0.15, 0.2) is 5.76 Å². The number of benzene rings is 3. The second kappa shape index (κ2) is 8.69. The van der Waals surface area contributed by atoms with Crippen molar-refractivity contribution in [3.63, 3.8) is 0 Å². The molecule has 0 fully saturated rings. The lowest BCUT2D eigenvalue weighted by Gasteiger charge is -2.10. The van der Waals surface area contributed by atoms with Crippen LogP contribution in [-0.2, 0) is 0 Å². The van der Waals surface area contributed by atoms with Crippen LogP contribution in [0.1, 0.15) is 31.8 Å². The zero-order chi connectivity index (χ0) is 22.1. The van der Waals surface area contributed by atoms with Gasteiger partial charge in [0.1, 0.15) is 17.2 Å². The molecule has 4 rings (SSSR count). The van der Waals surface area contributed by atoms with E-state index in [-0.39, 0.29) is 11.5 Å². The van der Waals surface area contributed by atoms with Crippen molar-refractivity contribution in [2.75, 3.05) is 7.11 Å². The Bertz CT molecular complexity index is 1230. The lowest BCUT2D eigenvalue weighted by molar-refractivity contribution is 0.0733. The van der Waals surface area contributed by atoms with Gasteiger partial charge in [0, 0.05) is 20.1 Å². The first-order valence-corrected chi connectivity index (χ1v) is 10.8. The maximum Gasteiger partial charge on any atom is 0.343 e. The molecule has 0 radical (unpaired) electrons. The number of rotatable bonds is 4. The Labute approximate surface area is 195 Å². The number of carbonyl (C=O) groups is 2. The molecule has 0 aliphatic carbocycles. The topological polar surface area (TPSA) is 61.8 Å². The molecule has 0 saturated carbocycles. The molecular formula is C24H16Br2O5. The lowest BCUT2D eigenvalue weighted by Crippen LogP contribution is -2.09. The van der Waals surface area contributed by atoms with Crippen molar-refractivity contribution in [3.05, 3.63) is 91.6 Å². The van der Waals surface area contributed by atoms with Crippen molar-refractivity contribution in [2.24, 2.45) is 0 Å². The van der Waals surface area contributed by atoms with Crippen LogP contribution in [0.15, 0.2) is 69.3 Å². The largest absolute Gasteiger partial charge is 0.496 e. The maximum absolute atomic E-state index is 12.9. The average molecular weight is 544 g/mol. The first-order valence-electron chi connectivity index (χ1n) is 9.26. The van der Waals surface area contributed by atoms with Crippen LogP contribution in [0.2, 0.25) is 0 Å². The summed E-state index contributed by atoms with van der Waals surface area (Å²) in [5.74, 6) is 0.766. The molecule has 0 atom stereocenters. The molecule has 3 aromatic rings. The fourth-order valence-corrected chi connectivity index (χ4v) is 3.83. The molecule has 0 unspecified atom stereocenters. The van der Waals surface area contributed by atoms with Gasteiger partial charge in [0.25, 0.3) is 0 Å². The van der Waals surface area contributed by atoms with E-state index < -0.39 is 5.97 Å². The minimum Gasteiger partial charge on any atom is -0.496 e. The molecule has 0 bridgehead atoms. The van der Waals surface area contributed by atoms with Gasteiger partial charge < -0.3 is 14.2 Å². The molecule has 7 heteroatoms. The zero-order valence-corrected chi connectivity index (χ0v) is 19.7. The highest BCUT2D eigenvalue weighted by molar-refractivity contribution is 9.10. The number of hydrogen-bond acceptors (Lipinski definition) is 5. The number of ether oxygens (including phenoxy) is 3. The van der Waals surface area contributed by atoms with Gasteiger partial charge in [-0.05, 0) is 67.6 Å². The van der Waals surface area contributed by atoms with E-state index in [9.17, 15) is 9.59 Å². The number of carbonyl (C=O) groups excluding carboxylic acids is 2. The van der Waals surface area contributed by atoms with Crippen LogP contribution in [-0.4, -0.2) is 18.9 Å². The summed E-state index contributed by atoms with van der Waals surface area (Å²) in [6, 6.07) is 15.6. The highest BCUT2D eigenvalue weighted by Crippen LogP contribution is 2.40. The van der Waals surface area contributed by atoms with E-state index in [2.05, 4.69) is 31.9 Å². The third-order valence-corrected chi connectivity index (χ3v) is 5.82.